The third-order valence-corrected chi connectivity index (χ3v) is 9.30. The monoisotopic (exact) mass is 613 g/mol. The number of halogens is 1. The minimum atomic E-state index is -3.91. The van der Waals surface area contributed by atoms with E-state index in [0.29, 0.717) is 28.5 Å². The number of nitrogens with one attached hydrogen (secondary N) is 1. The fourth-order valence-electron chi connectivity index (χ4n) is 4.57. The summed E-state index contributed by atoms with van der Waals surface area (Å²) in [6, 6.07) is 20.1. The van der Waals surface area contributed by atoms with Gasteiger partial charge in [-0.05, 0) is 49.6 Å². The average molecular weight is 614 g/mol. The van der Waals surface area contributed by atoms with Gasteiger partial charge in [0.1, 0.15) is 12.6 Å². The van der Waals surface area contributed by atoms with Crippen LogP contribution in [-0.2, 0) is 32.6 Å². The zero-order chi connectivity index (χ0) is 30.3. The first-order valence-electron chi connectivity index (χ1n) is 13.9. The van der Waals surface area contributed by atoms with Crippen molar-refractivity contribution in [3.8, 4) is 11.5 Å². The number of rotatable bonds is 13. The molecule has 0 saturated heterocycles. The molecular formula is C31H36ClN3O6S. The molecule has 1 N–H and O–H groups in total. The van der Waals surface area contributed by atoms with Gasteiger partial charge in [0.05, 0.1) is 11.4 Å². The molecule has 2 amide bonds. The second-order valence-corrected chi connectivity index (χ2v) is 12.7. The Labute approximate surface area is 252 Å². The lowest BCUT2D eigenvalue weighted by molar-refractivity contribution is -0.140. The number of nitrogens with zero attached hydrogens (tertiary/aromatic N) is 2. The molecule has 11 heteroatoms. The van der Waals surface area contributed by atoms with Crippen LogP contribution in [0.4, 0.5) is 5.69 Å². The number of hydrogen-bond donors (Lipinski definition) is 1. The fourth-order valence-corrected chi connectivity index (χ4v) is 5.81. The van der Waals surface area contributed by atoms with Gasteiger partial charge in [-0.15, -0.1) is 0 Å². The smallest absolute Gasteiger partial charge is 0.244 e. The Balaban J connectivity index is 1.76. The topological polar surface area (TPSA) is 105 Å². The van der Waals surface area contributed by atoms with Gasteiger partial charge in [0.2, 0.25) is 28.6 Å². The zero-order valence-electron chi connectivity index (χ0n) is 24.0. The molecule has 0 saturated carbocycles. The molecule has 4 rings (SSSR count). The Morgan fingerprint density at radius 1 is 0.976 bits per heavy atom. The van der Waals surface area contributed by atoms with Crippen molar-refractivity contribution >= 4 is 39.1 Å². The first kappa shape index (κ1) is 31.2. The minimum absolute atomic E-state index is 0.00504. The highest BCUT2D eigenvalue weighted by Gasteiger charge is 2.34. The van der Waals surface area contributed by atoms with Gasteiger partial charge in [0.15, 0.2) is 11.5 Å². The summed E-state index contributed by atoms with van der Waals surface area (Å²) in [5.74, 6) is -0.240. The van der Waals surface area contributed by atoms with Gasteiger partial charge in [-0.1, -0.05) is 67.1 Å². The summed E-state index contributed by atoms with van der Waals surface area (Å²) in [6.07, 6.45) is 0.929. The van der Waals surface area contributed by atoms with Crippen molar-refractivity contribution in [2.75, 3.05) is 23.4 Å². The van der Waals surface area contributed by atoms with Gasteiger partial charge >= 0.3 is 0 Å². The summed E-state index contributed by atoms with van der Waals surface area (Å²) in [5, 5.41) is 3.45. The lowest BCUT2D eigenvalue weighted by Gasteiger charge is -2.34. The van der Waals surface area contributed by atoms with E-state index in [0.717, 1.165) is 9.87 Å². The Bertz CT molecular complexity index is 1500. The van der Waals surface area contributed by atoms with E-state index >= 15 is 0 Å². The maximum absolute atomic E-state index is 14.3. The molecule has 0 radical (unpaired) electrons. The number of carbonyl (C=O) groups is 2. The van der Waals surface area contributed by atoms with Gasteiger partial charge in [0.25, 0.3) is 0 Å². The number of carbonyl (C=O) groups excluding carboxylic acids is 2. The molecule has 0 fully saturated rings. The standard InChI is InChI=1S/C31H36ClN3O6S/c1-4-22(3)33-31(37)27(17-23-11-7-6-8-12-23)34(19-24-13-9-10-14-26(24)32)30(36)20-35(42(38,39)5-2)25-15-16-28-29(18-25)41-21-40-28/h6-16,18,22,27H,4-5,17,19-21H2,1-3H3,(H,33,37). The van der Waals surface area contributed by atoms with Gasteiger partial charge in [-0.3, -0.25) is 13.9 Å². The number of ether oxygens (including phenoxy) is 2. The number of benzene rings is 3. The van der Waals surface area contributed by atoms with Crippen LogP contribution in [0.25, 0.3) is 0 Å². The quantitative estimate of drug-likeness (QED) is 0.298. The molecule has 0 aliphatic carbocycles. The molecular weight excluding hydrogens is 578 g/mol. The average Bonchev–Trinajstić information content (AvgIpc) is 3.46. The molecule has 0 aromatic heterocycles. The van der Waals surface area contributed by atoms with E-state index in [1.54, 1.807) is 36.4 Å². The van der Waals surface area contributed by atoms with Crippen LogP contribution < -0.4 is 19.1 Å². The van der Waals surface area contributed by atoms with Crippen molar-refractivity contribution < 1.29 is 27.5 Å². The first-order chi connectivity index (χ1) is 20.1. The number of fused-ring (bicyclic) bond motifs is 1. The molecule has 1 heterocycles. The van der Waals surface area contributed by atoms with Crippen molar-refractivity contribution in [3.63, 3.8) is 0 Å². The SMILES string of the molecule is CCC(C)NC(=O)C(Cc1ccccc1)N(Cc1ccccc1Cl)C(=O)CN(c1ccc2c(c1)OCO2)S(=O)(=O)CC. The largest absolute Gasteiger partial charge is 0.454 e. The molecule has 2 atom stereocenters. The highest BCUT2D eigenvalue weighted by molar-refractivity contribution is 7.92. The maximum Gasteiger partial charge on any atom is 0.244 e. The third kappa shape index (κ3) is 7.54. The van der Waals surface area contributed by atoms with Crippen LogP contribution in [0, 0.1) is 0 Å². The van der Waals surface area contributed by atoms with Crippen molar-refractivity contribution in [1.29, 1.82) is 0 Å². The van der Waals surface area contributed by atoms with E-state index in [9.17, 15) is 18.0 Å². The number of amides is 2. The first-order valence-corrected chi connectivity index (χ1v) is 15.9. The van der Waals surface area contributed by atoms with E-state index < -0.39 is 28.5 Å². The van der Waals surface area contributed by atoms with E-state index in [4.69, 9.17) is 21.1 Å². The summed E-state index contributed by atoms with van der Waals surface area (Å²) < 4.78 is 38.6. The molecule has 3 aromatic carbocycles. The number of hydrogen-bond acceptors (Lipinski definition) is 6. The Kier molecular flexibility index (Phi) is 10.3. The molecule has 3 aromatic rings. The summed E-state index contributed by atoms with van der Waals surface area (Å²) >= 11 is 6.50. The second kappa shape index (κ2) is 13.9. The molecule has 1 aliphatic heterocycles. The van der Waals surface area contributed by atoms with Crippen LogP contribution >= 0.6 is 11.6 Å². The summed E-state index contributed by atoms with van der Waals surface area (Å²) in [6.45, 7) is 4.87. The van der Waals surface area contributed by atoms with Crippen LogP contribution in [0.1, 0.15) is 38.3 Å². The zero-order valence-corrected chi connectivity index (χ0v) is 25.5. The molecule has 224 valence electrons. The lowest BCUT2D eigenvalue weighted by Crippen LogP contribution is -2.54. The Morgan fingerprint density at radius 2 is 1.67 bits per heavy atom. The highest BCUT2D eigenvalue weighted by atomic mass is 35.5. The third-order valence-electron chi connectivity index (χ3n) is 7.19. The lowest BCUT2D eigenvalue weighted by atomic mass is 10.0. The molecule has 0 bridgehead atoms. The van der Waals surface area contributed by atoms with Gasteiger partial charge < -0.3 is 19.7 Å². The van der Waals surface area contributed by atoms with Crippen molar-refractivity contribution in [2.45, 2.75) is 52.2 Å². The van der Waals surface area contributed by atoms with Crippen LogP contribution in [0.15, 0.2) is 72.8 Å². The normalized spacial score (nSPS) is 13.7. The Morgan fingerprint density at radius 3 is 2.36 bits per heavy atom. The van der Waals surface area contributed by atoms with Gasteiger partial charge in [-0.25, -0.2) is 8.42 Å². The highest BCUT2D eigenvalue weighted by Crippen LogP contribution is 2.36. The van der Waals surface area contributed by atoms with Crippen LogP contribution in [0.5, 0.6) is 11.5 Å². The Hall–Kier alpha value is -3.76. The van der Waals surface area contributed by atoms with E-state index in [-0.39, 0.29) is 43.1 Å². The van der Waals surface area contributed by atoms with Gasteiger partial charge in [-0.2, -0.15) is 0 Å². The predicted molar refractivity (Wildman–Crippen MR) is 163 cm³/mol. The van der Waals surface area contributed by atoms with Crippen molar-refractivity contribution in [2.24, 2.45) is 0 Å². The van der Waals surface area contributed by atoms with Crippen molar-refractivity contribution in [3.05, 3.63) is 88.9 Å². The predicted octanol–water partition coefficient (Wildman–Crippen LogP) is 4.78. The molecule has 1 aliphatic rings. The summed E-state index contributed by atoms with van der Waals surface area (Å²) in [4.78, 5) is 29.5. The number of sulfonamides is 1. The maximum atomic E-state index is 14.3. The van der Waals surface area contributed by atoms with Crippen molar-refractivity contribution in [1.82, 2.24) is 10.2 Å². The van der Waals surface area contributed by atoms with E-state index in [1.807, 2.05) is 44.2 Å². The summed E-state index contributed by atoms with van der Waals surface area (Å²) in [5.41, 5.74) is 1.75. The molecule has 9 nitrogen and oxygen atoms in total. The van der Waals surface area contributed by atoms with Crippen LogP contribution in [0.2, 0.25) is 5.02 Å². The molecule has 0 spiro atoms. The molecule has 42 heavy (non-hydrogen) atoms. The van der Waals surface area contributed by atoms with E-state index in [2.05, 4.69) is 5.32 Å². The second-order valence-electron chi connectivity index (χ2n) is 10.1. The van der Waals surface area contributed by atoms with Crippen LogP contribution in [-0.4, -0.2) is 56.3 Å². The van der Waals surface area contributed by atoms with E-state index in [1.165, 1.54) is 17.9 Å². The fraction of sp³-hybridized carbons (Fsp3) is 0.355. The minimum Gasteiger partial charge on any atom is -0.454 e. The number of anilines is 1. The van der Waals surface area contributed by atoms with Gasteiger partial charge in [0, 0.05) is 30.1 Å². The molecule has 2 unspecified atom stereocenters. The summed E-state index contributed by atoms with van der Waals surface area (Å²) in [7, 11) is -3.91. The van der Waals surface area contributed by atoms with Crippen LogP contribution in [0.3, 0.4) is 0 Å².